The standard InChI is InChI=1S/C10H11ClN2/c1-8(13-6-5-12)9-3-2-4-10(11)7-9/h2-4,7-8,13H,6H2,1H3/t8-/m1/s1. The Morgan fingerprint density at radius 1 is 1.62 bits per heavy atom. The molecule has 0 fully saturated rings. The molecule has 0 unspecified atom stereocenters. The molecular weight excluding hydrogens is 184 g/mol. The Morgan fingerprint density at radius 3 is 3.00 bits per heavy atom. The fraction of sp³-hybridized carbons (Fsp3) is 0.300. The van der Waals surface area contributed by atoms with Gasteiger partial charge < -0.3 is 0 Å². The van der Waals surface area contributed by atoms with E-state index in [1.807, 2.05) is 37.3 Å². The van der Waals surface area contributed by atoms with Crippen molar-refractivity contribution in [2.45, 2.75) is 13.0 Å². The van der Waals surface area contributed by atoms with Crippen molar-refractivity contribution in [3.05, 3.63) is 34.9 Å². The molecule has 0 amide bonds. The summed E-state index contributed by atoms with van der Waals surface area (Å²) in [5.41, 5.74) is 1.10. The maximum absolute atomic E-state index is 8.38. The molecule has 0 radical (unpaired) electrons. The number of benzene rings is 1. The summed E-state index contributed by atoms with van der Waals surface area (Å²) in [6.45, 7) is 2.36. The number of hydrogen-bond acceptors (Lipinski definition) is 2. The van der Waals surface area contributed by atoms with E-state index in [1.165, 1.54) is 0 Å². The fourth-order valence-corrected chi connectivity index (χ4v) is 1.29. The molecule has 0 aromatic heterocycles. The molecule has 2 nitrogen and oxygen atoms in total. The van der Waals surface area contributed by atoms with Crippen LogP contribution in [0.1, 0.15) is 18.5 Å². The van der Waals surface area contributed by atoms with Gasteiger partial charge in [-0.25, -0.2) is 0 Å². The van der Waals surface area contributed by atoms with E-state index in [0.717, 1.165) is 10.6 Å². The van der Waals surface area contributed by atoms with E-state index in [2.05, 4.69) is 5.32 Å². The number of rotatable bonds is 3. The SMILES string of the molecule is C[C@@H](NCC#N)c1cccc(Cl)c1. The van der Waals surface area contributed by atoms with Gasteiger partial charge >= 0.3 is 0 Å². The van der Waals surface area contributed by atoms with Gasteiger partial charge in [-0.15, -0.1) is 0 Å². The van der Waals surface area contributed by atoms with Crippen molar-refractivity contribution in [3.8, 4) is 6.07 Å². The maximum Gasteiger partial charge on any atom is 0.0845 e. The summed E-state index contributed by atoms with van der Waals surface area (Å²) >= 11 is 5.83. The van der Waals surface area contributed by atoms with Crippen molar-refractivity contribution in [2.24, 2.45) is 0 Å². The Morgan fingerprint density at radius 2 is 2.38 bits per heavy atom. The highest BCUT2D eigenvalue weighted by Crippen LogP contribution is 2.16. The minimum absolute atomic E-state index is 0.165. The first-order valence-corrected chi connectivity index (χ1v) is 4.47. The topological polar surface area (TPSA) is 35.8 Å². The predicted molar refractivity (Wildman–Crippen MR) is 53.5 cm³/mol. The second-order valence-electron chi connectivity index (χ2n) is 2.82. The lowest BCUT2D eigenvalue weighted by atomic mass is 10.1. The van der Waals surface area contributed by atoms with Gasteiger partial charge in [0.1, 0.15) is 0 Å². The van der Waals surface area contributed by atoms with E-state index in [-0.39, 0.29) is 6.04 Å². The van der Waals surface area contributed by atoms with E-state index in [9.17, 15) is 0 Å². The van der Waals surface area contributed by atoms with Gasteiger partial charge in [0.05, 0.1) is 12.6 Å². The molecular formula is C10H11ClN2. The first-order chi connectivity index (χ1) is 6.24. The number of nitrogens with zero attached hydrogens (tertiary/aromatic N) is 1. The molecule has 0 bridgehead atoms. The fourth-order valence-electron chi connectivity index (χ4n) is 1.09. The normalized spacial score (nSPS) is 12.1. The van der Waals surface area contributed by atoms with Crippen LogP contribution in [0, 0.1) is 11.3 Å². The summed E-state index contributed by atoms with van der Waals surface area (Å²) in [6, 6.07) is 9.83. The van der Waals surface area contributed by atoms with Gasteiger partial charge in [0, 0.05) is 11.1 Å². The first kappa shape index (κ1) is 10.0. The lowest BCUT2D eigenvalue weighted by molar-refractivity contribution is 0.621. The number of nitriles is 1. The van der Waals surface area contributed by atoms with Crippen molar-refractivity contribution in [1.29, 1.82) is 5.26 Å². The molecule has 0 aliphatic rings. The van der Waals surface area contributed by atoms with Crippen molar-refractivity contribution in [2.75, 3.05) is 6.54 Å². The highest BCUT2D eigenvalue weighted by Gasteiger charge is 2.03. The lowest BCUT2D eigenvalue weighted by Crippen LogP contribution is -2.18. The van der Waals surface area contributed by atoms with Gasteiger partial charge in [-0.1, -0.05) is 23.7 Å². The average Bonchev–Trinajstić information content (AvgIpc) is 2.14. The van der Waals surface area contributed by atoms with Gasteiger partial charge in [0.15, 0.2) is 0 Å². The Kier molecular flexibility index (Phi) is 3.75. The summed E-state index contributed by atoms with van der Waals surface area (Å²) < 4.78 is 0. The monoisotopic (exact) mass is 194 g/mol. The third-order valence-electron chi connectivity index (χ3n) is 1.84. The van der Waals surface area contributed by atoms with E-state index >= 15 is 0 Å². The Balaban J connectivity index is 2.66. The largest absolute Gasteiger partial charge is 0.298 e. The van der Waals surface area contributed by atoms with Gasteiger partial charge in [0.25, 0.3) is 0 Å². The maximum atomic E-state index is 8.38. The molecule has 0 saturated carbocycles. The molecule has 13 heavy (non-hydrogen) atoms. The third kappa shape index (κ3) is 3.06. The van der Waals surface area contributed by atoms with E-state index in [1.54, 1.807) is 0 Å². The van der Waals surface area contributed by atoms with Crippen LogP contribution >= 0.6 is 11.6 Å². The van der Waals surface area contributed by atoms with Gasteiger partial charge in [0.2, 0.25) is 0 Å². The zero-order valence-electron chi connectivity index (χ0n) is 7.42. The van der Waals surface area contributed by atoms with Crippen LogP contribution in [-0.4, -0.2) is 6.54 Å². The minimum Gasteiger partial charge on any atom is -0.298 e. The van der Waals surface area contributed by atoms with Gasteiger partial charge in [-0.3, -0.25) is 5.32 Å². The van der Waals surface area contributed by atoms with Gasteiger partial charge in [-0.2, -0.15) is 5.26 Å². The number of halogens is 1. The summed E-state index contributed by atoms with van der Waals surface area (Å²) in [5.74, 6) is 0. The van der Waals surface area contributed by atoms with Crippen LogP contribution in [0.15, 0.2) is 24.3 Å². The smallest absolute Gasteiger partial charge is 0.0845 e. The summed E-state index contributed by atoms with van der Waals surface area (Å²) in [7, 11) is 0. The summed E-state index contributed by atoms with van der Waals surface area (Å²) in [5, 5.41) is 12.2. The van der Waals surface area contributed by atoms with Crippen LogP contribution in [0.2, 0.25) is 5.02 Å². The van der Waals surface area contributed by atoms with Crippen LogP contribution in [0.3, 0.4) is 0 Å². The molecule has 0 heterocycles. The number of nitrogens with one attached hydrogen (secondary N) is 1. The molecule has 0 aliphatic heterocycles. The molecule has 1 atom stereocenters. The quantitative estimate of drug-likeness (QED) is 0.751. The zero-order chi connectivity index (χ0) is 9.68. The summed E-state index contributed by atoms with van der Waals surface area (Å²) in [4.78, 5) is 0. The van der Waals surface area contributed by atoms with Crippen molar-refractivity contribution < 1.29 is 0 Å². The molecule has 1 rings (SSSR count). The average molecular weight is 195 g/mol. The van der Waals surface area contributed by atoms with Crippen LogP contribution in [0.4, 0.5) is 0 Å². The summed E-state index contributed by atoms with van der Waals surface area (Å²) in [6.07, 6.45) is 0. The molecule has 0 spiro atoms. The molecule has 0 saturated heterocycles. The highest BCUT2D eigenvalue weighted by molar-refractivity contribution is 6.30. The Bertz CT molecular complexity index is 317. The van der Waals surface area contributed by atoms with Crippen molar-refractivity contribution in [3.63, 3.8) is 0 Å². The third-order valence-corrected chi connectivity index (χ3v) is 2.07. The van der Waals surface area contributed by atoms with Crippen LogP contribution < -0.4 is 5.32 Å². The Labute approximate surface area is 83.1 Å². The second kappa shape index (κ2) is 4.86. The van der Waals surface area contributed by atoms with E-state index in [4.69, 9.17) is 16.9 Å². The van der Waals surface area contributed by atoms with Crippen molar-refractivity contribution in [1.82, 2.24) is 5.32 Å². The zero-order valence-corrected chi connectivity index (χ0v) is 8.17. The molecule has 1 aromatic carbocycles. The molecule has 1 aromatic rings. The van der Waals surface area contributed by atoms with E-state index in [0.29, 0.717) is 6.54 Å². The van der Waals surface area contributed by atoms with Crippen molar-refractivity contribution >= 4 is 11.6 Å². The van der Waals surface area contributed by atoms with Crippen LogP contribution in [-0.2, 0) is 0 Å². The molecule has 3 heteroatoms. The highest BCUT2D eigenvalue weighted by atomic mass is 35.5. The molecule has 1 N–H and O–H groups in total. The number of hydrogen-bond donors (Lipinski definition) is 1. The first-order valence-electron chi connectivity index (χ1n) is 4.10. The second-order valence-corrected chi connectivity index (χ2v) is 3.25. The molecule has 0 aliphatic carbocycles. The minimum atomic E-state index is 0.165. The van der Waals surface area contributed by atoms with Crippen LogP contribution in [0.25, 0.3) is 0 Å². The Hall–Kier alpha value is -1.04. The lowest BCUT2D eigenvalue weighted by Gasteiger charge is -2.11. The molecule has 68 valence electrons. The predicted octanol–water partition coefficient (Wildman–Crippen LogP) is 2.51. The van der Waals surface area contributed by atoms with Gasteiger partial charge in [-0.05, 0) is 24.6 Å². The van der Waals surface area contributed by atoms with E-state index < -0.39 is 0 Å². The van der Waals surface area contributed by atoms with Crippen LogP contribution in [0.5, 0.6) is 0 Å².